The van der Waals surface area contributed by atoms with E-state index in [1.807, 2.05) is 0 Å². The van der Waals surface area contributed by atoms with Crippen LogP contribution in [0.25, 0.3) is 17.8 Å². The molecule has 0 spiro atoms. The fourth-order valence-electron chi connectivity index (χ4n) is 3.93. The Morgan fingerprint density at radius 1 is 1.34 bits per heavy atom. The van der Waals surface area contributed by atoms with Gasteiger partial charge in [-0.1, -0.05) is 17.7 Å². The molecule has 2 aromatic heterocycles. The van der Waals surface area contributed by atoms with Gasteiger partial charge in [-0.15, -0.1) is 0 Å². The van der Waals surface area contributed by atoms with Crippen molar-refractivity contribution in [2.75, 3.05) is 31.2 Å². The van der Waals surface area contributed by atoms with Gasteiger partial charge in [-0.25, -0.2) is 4.98 Å². The summed E-state index contributed by atoms with van der Waals surface area (Å²) in [6.07, 6.45) is -0.656. The standard InChI is InChI=1S/C23H20ClF3N6O2/c1-13-18(9-14-2-3-16(24)8-15(14)4-5-28)22(32-11-17(12-32)35-7-6-34)33-21(30-13)19(10-29)20(31-33)23(25,26)27/h2-5,8-9,17,28,34H,6-7,11-12H2,1H3/b14-9+,15-4-,28-5?. The average Bonchev–Trinajstić information content (AvgIpc) is 3.14. The summed E-state index contributed by atoms with van der Waals surface area (Å²) < 4.78 is 47.6. The minimum Gasteiger partial charge on any atom is -0.394 e. The number of nitriles is 1. The van der Waals surface area contributed by atoms with E-state index in [4.69, 9.17) is 26.9 Å². The van der Waals surface area contributed by atoms with Gasteiger partial charge in [0.05, 0.1) is 25.0 Å². The molecule has 0 saturated carbocycles. The number of anilines is 1. The highest BCUT2D eigenvalue weighted by Crippen LogP contribution is 2.36. The Labute approximate surface area is 202 Å². The van der Waals surface area contributed by atoms with Crippen LogP contribution in [0.1, 0.15) is 22.5 Å². The molecule has 4 rings (SSSR count). The predicted octanol–water partition coefficient (Wildman–Crippen LogP) is 2.04. The first-order chi connectivity index (χ1) is 16.7. The summed E-state index contributed by atoms with van der Waals surface area (Å²) in [6.45, 7) is 2.35. The fraction of sp³-hybridized carbons (Fsp3) is 0.304. The summed E-state index contributed by atoms with van der Waals surface area (Å²) in [5, 5.41) is 31.4. The lowest BCUT2D eigenvalue weighted by Gasteiger charge is -2.41. The van der Waals surface area contributed by atoms with Crippen molar-refractivity contribution in [2.24, 2.45) is 0 Å². The maximum Gasteiger partial charge on any atom is 0.436 e. The van der Waals surface area contributed by atoms with Crippen molar-refractivity contribution in [3.63, 3.8) is 0 Å². The van der Waals surface area contributed by atoms with Crippen LogP contribution in [0.15, 0.2) is 18.2 Å². The molecule has 12 heteroatoms. The van der Waals surface area contributed by atoms with Crippen LogP contribution in [0.2, 0.25) is 5.02 Å². The van der Waals surface area contributed by atoms with Gasteiger partial charge in [-0.05, 0) is 41.6 Å². The highest BCUT2D eigenvalue weighted by molar-refractivity contribution is 6.30. The van der Waals surface area contributed by atoms with Gasteiger partial charge in [0.2, 0.25) is 0 Å². The van der Waals surface area contributed by atoms with Crippen LogP contribution in [-0.4, -0.2) is 58.3 Å². The molecule has 3 aromatic rings. The van der Waals surface area contributed by atoms with Gasteiger partial charge in [0.25, 0.3) is 0 Å². The molecule has 1 fully saturated rings. The maximum absolute atomic E-state index is 13.7. The minimum absolute atomic E-state index is 0.142. The molecule has 0 aliphatic carbocycles. The molecule has 35 heavy (non-hydrogen) atoms. The molecular formula is C23H20ClF3N6O2. The Hall–Kier alpha value is -3.46. The smallest absolute Gasteiger partial charge is 0.394 e. The number of ether oxygens (including phenoxy) is 1. The number of benzene rings is 1. The average molecular weight is 505 g/mol. The number of hydrogen-bond acceptors (Lipinski definition) is 7. The van der Waals surface area contributed by atoms with E-state index in [0.717, 1.165) is 10.7 Å². The zero-order valence-electron chi connectivity index (χ0n) is 18.5. The second-order valence-corrected chi connectivity index (χ2v) is 8.31. The highest BCUT2D eigenvalue weighted by atomic mass is 35.5. The molecule has 1 aromatic carbocycles. The van der Waals surface area contributed by atoms with E-state index in [0.29, 0.717) is 45.6 Å². The van der Waals surface area contributed by atoms with Gasteiger partial charge >= 0.3 is 6.18 Å². The number of aryl methyl sites for hydroxylation is 1. The molecule has 0 bridgehead atoms. The first-order valence-corrected chi connectivity index (χ1v) is 10.9. The Bertz CT molecular complexity index is 1460. The zero-order valence-corrected chi connectivity index (χ0v) is 19.2. The van der Waals surface area contributed by atoms with E-state index in [9.17, 15) is 18.4 Å². The topological polar surface area (TPSA) is 111 Å². The van der Waals surface area contributed by atoms with Crippen molar-refractivity contribution in [3.05, 3.63) is 56.2 Å². The van der Waals surface area contributed by atoms with Crippen LogP contribution in [0.4, 0.5) is 19.0 Å². The predicted molar refractivity (Wildman–Crippen MR) is 124 cm³/mol. The Morgan fingerprint density at radius 3 is 2.71 bits per heavy atom. The third kappa shape index (κ3) is 4.73. The number of hydrogen-bond donors (Lipinski definition) is 2. The van der Waals surface area contributed by atoms with Crippen LogP contribution in [0, 0.1) is 23.7 Å². The highest BCUT2D eigenvalue weighted by Gasteiger charge is 2.40. The first kappa shape index (κ1) is 24.7. The van der Waals surface area contributed by atoms with Crippen molar-refractivity contribution in [1.29, 1.82) is 10.7 Å². The van der Waals surface area contributed by atoms with Gasteiger partial charge in [0.15, 0.2) is 11.3 Å². The van der Waals surface area contributed by atoms with Crippen LogP contribution in [-0.2, 0) is 10.9 Å². The lowest BCUT2D eigenvalue weighted by Crippen LogP contribution is -2.53. The van der Waals surface area contributed by atoms with Crippen LogP contribution < -0.4 is 15.3 Å². The number of alkyl halides is 3. The number of nitrogens with one attached hydrogen (secondary N) is 1. The molecule has 182 valence electrons. The summed E-state index contributed by atoms with van der Waals surface area (Å²) in [4.78, 5) is 6.11. The van der Waals surface area contributed by atoms with Crippen molar-refractivity contribution in [3.8, 4) is 6.07 Å². The normalized spacial score (nSPS) is 15.5. The second-order valence-electron chi connectivity index (χ2n) is 7.88. The van der Waals surface area contributed by atoms with Crippen molar-refractivity contribution >= 4 is 41.4 Å². The van der Waals surface area contributed by atoms with Crippen molar-refractivity contribution < 1.29 is 23.0 Å². The first-order valence-electron chi connectivity index (χ1n) is 10.5. The van der Waals surface area contributed by atoms with Crippen LogP contribution in [0.5, 0.6) is 0 Å². The summed E-state index contributed by atoms with van der Waals surface area (Å²) in [5.74, 6) is 0.333. The van der Waals surface area contributed by atoms with E-state index in [-0.39, 0.29) is 25.0 Å². The molecule has 2 N–H and O–H groups in total. The molecule has 0 atom stereocenters. The number of fused-ring (bicyclic) bond motifs is 1. The summed E-state index contributed by atoms with van der Waals surface area (Å²) in [6, 6.07) is 6.68. The van der Waals surface area contributed by atoms with E-state index in [2.05, 4.69) is 10.1 Å². The quantitative estimate of drug-likeness (QED) is 0.497. The molecule has 0 radical (unpaired) electrons. The monoisotopic (exact) mass is 504 g/mol. The van der Waals surface area contributed by atoms with Crippen LogP contribution in [0.3, 0.4) is 0 Å². The summed E-state index contributed by atoms with van der Waals surface area (Å²) >= 11 is 6.10. The largest absolute Gasteiger partial charge is 0.436 e. The SMILES string of the molecule is Cc1nc2c(C#N)c(C(F)(F)F)nn2c(N2CC(OCCO)C2)c1/C=c1\ccc(Cl)c\c1=C\C=N. The lowest BCUT2D eigenvalue weighted by molar-refractivity contribution is -0.141. The van der Waals surface area contributed by atoms with Crippen molar-refractivity contribution in [1.82, 2.24) is 14.6 Å². The molecule has 8 nitrogen and oxygen atoms in total. The van der Waals surface area contributed by atoms with Crippen molar-refractivity contribution in [2.45, 2.75) is 19.2 Å². The maximum atomic E-state index is 13.7. The van der Waals surface area contributed by atoms with E-state index in [1.165, 1.54) is 0 Å². The molecule has 1 aliphatic rings. The number of nitrogens with zero attached hydrogens (tertiary/aromatic N) is 5. The Balaban J connectivity index is 2.00. The molecule has 1 saturated heterocycles. The number of halogens is 4. The summed E-state index contributed by atoms with van der Waals surface area (Å²) in [7, 11) is 0. The van der Waals surface area contributed by atoms with Gasteiger partial charge in [-0.2, -0.15) is 28.0 Å². The number of aliphatic hydroxyl groups is 1. The molecule has 0 amide bonds. The minimum atomic E-state index is -4.84. The second kappa shape index (κ2) is 9.65. The van der Waals surface area contributed by atoms with E-state index in [1.54, 1.807) is 48.2 Å². The zero-order chi connectivity index (χ0) is 25.3. The Kier molecular flexibility index (Phi) is 6.80. The van der Waals surface area contributed by atoms with E-state index < -0.39 is 17.4 Å². The van der Waals surface area contributed by atoms with E-state index >= 15 is 0 Å². The number of aromatic nitrogens is 3. The molecular weight excluding hydrogens is 485 g/mol. The summed E-state index contributed by atoms with van der Waals surface area (Å²) in [5.41, 5.74) is -1.24. The molecule has 0 unspecified atom stereocenters. The van der Waals surface area contributed by atoms with Gasteiger partial charge in [-0.3, -0.25) is 0 Å². The lowest BCUT2D eigenvalue weighted by atomic mass is 10.1. The number of aliphatic hydroxyl groups excluding tert-OH is 1. The third-order valence-electron chi connectivity index (χ3n) is 5.55. The van der Waals surface area contributed by atoms with Crippen LogP contribution >= 0.6 is 11.6 Å². The Morgan fingerprint density at radius 2 is 2.09 bits per heavy atom. The fourth-order valence-corrected chi connectivity index (χ4v) is 4.11. The van der Waals surface area contributed by atoms with Gasteiger partial charge in [0, 0.05) is 29.9 Å². The number of rotatable bonds is 6. The third-order valence-corrected chi connectivity index (χ3v) is 5.79. The van der Waals surface area contributed by atoms with Gasteiger partial charge in [0.1, 0.15) is 17.5 Å². The molecule has 3 heterocycles. The van der Waals surface area contributed by atoms with Gasteiger partial charge < -0.3 is 20.2 Å². The molecule has 1 aliphatic heterocycles.